The highest BCUT2D eigenvalue weighted by Gasteiger charge is 2.07. The molecule has 0 spiro atoms. The quantitative estimate of drug-likeness (QED) is 0.861. The van der Waals surface area contributed by atoms with Crippen molar-refractivity contribution in [3.63, 3.8) is 0 Å². The summed E-state index contributed by atoms with van der Waals surface area (Å²) in [5.74, 6) is -0.407. The lowest BCUT2D eigenvalue weighted by molar-refractivity contribution is -0.136. The molecule has 0 aliphatic carbocycles. The highest BCUT2D eigenvalue weighted by Crippen LogP contribution is 2.19. The lowest BCUT2D eigenvalue weighted by atomic mass is 10.2. The van der Waals surface area contributed by atoms with Crippen molar-refractivity contribution in [2.75, 3.05) is 0 Å². The van der Waals surface area contributed by atoms with Crippen LogP contribution < -0.4 is 5.56 Å². The number of hydrogen-bond acceptors (Lipinski definition) is 4. The monoisotopic (exact) mass is 250 g/mol. The average molecular weight is 250 g/mol. The van der Waals surface area contributed by atoms with Gasteiger partial charge in [-0.25, -0.2) is 4.98 Å². The number of H-pyrrole nitrogens is 1. The van der Waals surface area contributed by atoms with E-state index < -0.39 is 5.97 Å². The van der Waals surface area contributed by atoms with E-state index in [1.807, 2.05) is 17.5 Å². The molecule has 17 heavy (non-hydrogen) atoms. The first-order valence-electron chi connectivity index (χ1n) is 5.00. The summed E-state index contributed by atoms with van der Waals surface area (Å²) in [6, 6.07) is 3.73. The maximum Gasteiger partial charge on any atom is 0.303 e. The molecular weight excluding hydrogens is 240 g/mol. The molecule has 0 amide bonds. The van der Waals surface area contributed by atoms with Crippen LogP contribution in [0.1, 0.15) is 12.0 Å². The molecule has 5 nitrogen and oxygen atoms in total. The summed E-state index contributed by atoms with van der Waals surface area (Å²) >= 11 is 1.48. The number of aryl methyl sites for hydroxylation is 1. The van der Waals surface area contributed by atoms with E-state index >= 15 is 0 Å². The standard InChI is InChI=1S/C11H10N2O3S/c14-9(15)4-3-7-6-12-10(13-11(7)16)8-2-1-5-17-8/h1-2,5-6H,3-4H2,(H,14,15)(H,12,13,16). The van der Waals surface area contributed by atoms with Gasteiger partial charge in [-0.15, -0.1) is 11.3 Å². The Balaban J connectivity index is 2.23. The molecule has 0 bridgehead atoms. The predicted octanol–water partition coefficient (Wildman–Crippen LogP) is 1.52. The Hall–Kier alpha value is -1.95. The van der Waals surface area contributed by atoms with Crippen LogP contribution >= 0.6 is 11.3 Å². The number of thiophene rings is 1. The summed E-state index contributed by atoms with van der Waals surface area (Å²) in [7, 11) is 0. The van der Waals surface area contributed by atoms with Crippen molar-refractivity contribution in [2.45, 2.75) is 12.8 Å². The third-order valence-electron chi connectivity index (χ3n) is 2.24. The first kappa shape index (κ1) is 11.5. The molecule has 0 saturated heterocycles. The number of nitrogens with one attached hydrogen (secondary N) is 1. The van der Waals surface area contributed by atoms with Gasteiger partial charge in [0.15, 0.2) is 0 Å². The second-order valence-electron chi connectivity index (χ2n) is 3.46. The third-order valence-corrected chi connectivity index (χ3v) is 3.11. The molecule has 2 rings (SSSR count). The van der Waals surface area contributed by atoms with E-state index in [9.17, 15) is 9.59 Å². The number of carboxylic acids is 1. The summed E-state index contributed by atoms with van der Waals surface area (Å²) in [6.07, 6.45) is 1.57. The summed E-state index contributed by atoms with van der Waals surface area (Å²) in [4.78, 5) is 29.7. The van der Waals surface area contributed by atoms with Gasteiger partial charge in [-0.1, -0.05) is 6.07 Å². The maximum absolute atomic E-state index is 11.7. The van der Waals surface area contributed by atoms with Crippen LogP contribution in [0.4, 0.5) is 0 Å². The lowest BCUT2D eigenvalue weighted by Gasteiger charge is -2.00. The van der Waals surface area contributed by atoms with Crippen LogP contribution in [0.15, 0.2) is 28.5 Å². The molecule has 2 aromatic rings. The number of nitrogens with zero attached hydrogens (tertiary/aromatic N) is 1. The Morgan fingerprint density at radius 2 is 2.35 bits per heavy atom. The zero-order valence-electron chi connectivity index (χ0n) is 8.84. The fourth-order valence-corrected chi connectivity index (χ4v) is 2.06. The molecule has 0 radical (unpaired) electrons. The molecule has 0 atom stereocenters. The first-order valence-corrected chi connectivity index (χ1v) is 5.88. The van der Waals surface area contributed by atoms with Gasteiger partial charge < -0.3 is 10.1 Å². The molecule has 0 aliphatic heterocycles. The minimum atomic E-state index is -0.924. The van der Waals surface area contributed by atoms with Crippen LogP contribution in [0.3, 0.4) is 0 Å². The number of aliphatic carboxylic acids is 1. The molecule has 0 aromatic carbocycles. The number of aromatic amines is 1. The van der Waals surface area contributed by atoms with Gasteiger partial charge in [0, 0.05) is 18.2 Å². The minimum absolute atomic E-state index is 0.0664. The molecule has 2 aromatic heterocycles. The predicted molar refractivity (Wildman–Crippen MR) is 64.1 cm³/mol. The van der Waals surface area contributed by atoms with Crippen LogP contribution in [0, 0.1) is 0 Å². The second kappa shape index (κ2) is 4.92. The SMILES string of the molecule is O=C(O)CCc1cnc(-c2cccs2)[nH]c1=O. The summed E-state index contributed by atoms with van der Waals surface area (Å²) in [5.41, 5.74) is 0.123. The van der Waals surface area contributed by atoms with Crippen molar-refractivity contribution in [3.05, 3.63) is 39.6 Å². The van der Waals surface area contributed by atoms with Gasteiger partial charge in [-0.2, -0.15) is 0 Å². The van der Waals surface area contributed by atoms with Crippen LogP contribution in [-0.4, -0.2) is 21.0 Å². The third kappa shape index (κ3) is 2.79. The Morgan fingerprint density at radius 3 is 2.94 bits per heavy atom. The van der Waals surface area contributed by atoms with Crippen LogP contribution in [0.5, 0.6) is 0 Å². The fourth-order valence-electron chi connectivity index (χ4n) is 1.38. The van der Waals surface area contributed by atoms with E-state index in [4.69, 9.17) is 5.11 Å². The maximum atomic E-state index is 11.7. The van der Waals surface area contributed by atoms with E-state index in [0.29, 0.717) is 11.4 Å². The number of carbonyl (C=O) groups is 1. The zero-order valence-corrected chi connectivity index (χ0v) is 9.66. The van der Waals surface area contributed by atoms with E-state index in [0.717, 1.165) is 4.88 Å². The average Bonchev–Trinajstić information content (AvgIpc) is 2.80. The van der Waals surface area contributed by atoms with E-state index in [-0.39, 0.29) is 18.4 Å². The highest BCUT2D eigenvalue weighted by molar-refractivity contribution is 7.13. The summed E-state index contributed by atoms with van der Waals surface area (Å²) in [5, 5.41) is 10.4. The molecule has 6 heteroatoms. The normalized spacial score (nSPS) is 10.4. The Labute approximate surface area is 101 Å². The Bertz CT molecular complexity index is 575. The van der Waals surface area contributed by atoms with Crippen molar-refractivity contribution in [1.29, 1.82) is 0 Å². The molecule has 88 valence electrons. The van der Waals surface area contributed by atoms with Gasteiger partial charge in [0.05, 0.1) is 4.88 Å². The van der Waals surface area contributed by atoms with Crippen molar-refractivity contribution >= 4 is 17.3 Å². The lowest BCUT2D eigenvalue weighted by Crippen LogP contribution is -2.15. The molecule has 0 aliphatic rings. The van der Waals surface area contributed by atoms with Gasteiger partial charge in [0.1, 0.15) is 5.82 Å². The van der Waals surface area contributed by atoms with Crippen LogP contribution in [0.25, 0.3) is 10.7 Å². The highest BCUT2D eigenvalue weighted by atomic mass is 32.1. The smallest absolute Gasteiger partial charge is 0.303 e. The topological polar surface area (TPSA) is 83.0 Å². The number of carboxylic acid groups (broad SMARTS) is 1. The minimum Gasteiger partial charge on any atom is -0.481 e. The molecule has 0 fully saturated rings. The summed E-state index contributed by atoms with van der Waals surface area (Å²) < 4.78 is 0. The van der Waals surface area contributed by atoms with Crippen LogP contribution in [0.2, 0.25) is 0 Å². The molecule has 0 unspecified atom stereocenters. The fraction of sp³-hybridized carbons (Fsp3) is 0.182. The Morgan fingerprint density at radius 1 is 1.53 bits per heavy atom. The van der Waals surface area contributed by atoms with Gasteiger partial charge in [-0.05, 0) is 17.9 Å². The van der Waals surface area contributed by atoms with Crippen molar-refractivity contribution in [1.82, 2.24) is 9.97 Å². The second-order valence-corrected chi connectivity index (χ2v) is 4.40. The molecule has 2 heterocycles. The number of aromatic nitrogens is 2. The van der Waals surface area contributed by atoms with E-state index in [1.54, 1.807) is 0 Å². The molecule has 2 N–H and O–H groups in total. The van der Waals surface area contributed by atoms with Gasteiger partial charge in [0.2, 0.25) is 0 Å². The zero-order chi connectivity index (χ0) is 12.3. The van der Waals surface area contributed by atoms with Gasteiger partial charge in [0.25, 0.3) is 5.56 Å². The van der Waals surface area contributed by atoms with E-state index in [1.165, 1.54) is 17.5 Å². The number of rotatable bonds is 4. The van der Waals surface area contributed by atoms with Crippen LogP contribution in [-0.2, 0) is 11.2 Å². The van der Waals surface area contributed by atoms with Gasteiger partial charge >= 0.3 is 5.97 Å². The van der Waals surface area contributed by atoms with Crippen molar-refractivity contribution < 1.29 is 9.90 Å². The van der Waals surface area contributed by atoms with Crippen molar-refractivity contribution in [3.8, 4) is 10.7 Å². The van der Waals surface area contributed by atoms with Gasteiger partial charge in [-0.3, -0.25) is 9.59 Å². The number of hydrogen-bond donors (Lipinski definition) is 2. The summed E-state index contributed by atoms with van der Waals surface area (Å²) in [6.45, 7) is 0. The molecular formula is C11H10N2O3S. The van der Waals surface area contributed by atoms with Crippen molar-refractivity contribution in [2.24, 2.45) is 0 Å². The first-order chi connectivity index (χ1) is 8.16. The van der Waals surface area contributed by atoms with E-state index in [2.05, 4.69) is 9.97 Å². The largest absolute Gasteiger partial charge is 0.481 e. The molecule has 0 saturated carbocycles. The Kier molecular flexibility index (Phi) is 3.34.